The summed E-state index contributed by atoms with van der Waals surface area (Å²) in [7, 11) is 2.22. The Morgan fingerprint density at radius 3 is 2.71 bits per heavy atom. The van der Waals surface area contributed by atoms with E-state index in [-0.39, 0.29) is 0 Å². The molecule has 1 aliphatic heterocycles. The lowest BCUT2D eigenvalue weighted by Crippen LogP contribution is -2.30. The highest BCUT2D eigenvalue weighted by molar-refractivity contribution is 4.78. The van der Waals surface area contributed by atoms with Crippen molar-refractivity contribution in [1.29, 1.82) is 0 Å². The summed E-state index contributed by atoms with van der Waals surface area (Å²) >= 11 is 0. The Hall–Kier alpha value is -0.0800. The van der Waals surface area contributed by atoms with E-state index >= 15 is 0 Å². The predicted octanol–water partition coefficient (Wildman–Crippen LogP) is 1.87. The number of rotatable bonds is 4. The molecule has 1 aliphatic rings. The molecule has 1 rings (SSSR count). The van der Waals surface area contributed by atoms with E-state index in [1.165, 1.54) is 45.6 Å². The van der Waals surface area contributed by atoms with Crippen molar-refractivity contribution in [2.45, 2.75) is 26.7 Å². The molecular weight excluding hydrogens is 172 g/mol. The van der Waals surface area contributed by atoms with Gasteiger partial charge in [-0.15, -0.1) is 0 Å². The Bertz CT molecular complexity index is 147. The Morgan fingerprint density at radius 2 is 2.00 bits per heavy atom. The molecule has 0 N–H and O–H groups in total. The van der Waals surface area contributed by atoms with Gasteiger partial charge in [-0.05, 0) is 38.9 Å². The van der Waals surface area contributed by atoms with Gasteiger partial charge in [-0.3, -0.25) is 0 Å². The minimum Gasteiger partial charge on any atom is -0.305 e. The summed E-state index contributed by atoms with van der Waals surface area (Å²) in [5, 5.41) is 0. The number of likely N-dealkylation sites (N-methyl/N-ethyl adjacent to an activating group) is 1. The van der Waals surface area contributed by atoms with Gasteiger partial charge in [0.15, 0.2) is 0 Å². The second kappa shape index (κ2) is 6.41. The highest BCUT2D eigenvalue weighted by Gasteiger charge is 2.12. The molecule has 1 radical (unpaired) electrons. The van der Waals surface area contributed by atoms with Gasteiger partial charge in [0.2, 0.25) is 0 Å². The van der Waals surface area contributed by atoms with Crippen LogP contribution < -0.4 is 0 Å². The molecule has 0 saturated carbocycles. The van der Waals surface area contributed by atoms with Gasteiger partial charge in [-0.1, -0.05) is 20.3 Å². The predicted molar refractivity (Wildman–Crippen MR) is 62.3 cm³/mol. The third-order valence-corrected chi connectivity index (χ3v) is 3.22. The fraction of sp³-hybridized carbons (Fsp3) is 0.917. The van der Waals surface area contributed by atoms with Crippen molar-refractivity contribution in [2.75, 3.05) is 39.8 Å². The van der Waals surface area contributed by atoms with Crippen molar-refractivity contribution < 1.29 is 0 Å². The van der Waals surface area contributed by atoms with E-state index in [1.54, 1.807) is 0 Å². The Morgan fingerprint density at radius 1 is 1.21 bits per heavy atom. The van der Waals surface area contributed by atoms with Crippen LogP contribution >= 0.6 is 0 Å². The van der Waals surface area contributed by atoms with Gasteiger partial charge in [0.1, 0.15) is 0 Å². The largest absolute Gasteiger partial charge is 0.305 e. The standard InChI is InChI=1S/C12H25N2/c1-4-12(2)6-9-14-8-5-7-13(3)10-11-14/h6,12H,4-5,7-11H2,1-3H3/t12-/m1/s1. The molecule has 1 fully saturated rings. The van der Waals surface area contributed by atoms with Gasteiger partial charge in [0.05, 0.1) is 0 Å². The molecule has 0 bridgehead atoms. The van der Waals surface area contributed by atoms with Crippen molar-refractivity contribution >= 4 is 0 Å². The fourth-order valence-electron chi connectivity index (χ4n) is 1.78. The van der Waals surface area contributed by atoms with Crippen LogP contribution in [0.3, 0.4) is 0 Å². The van der Waals surface area contributed by atoms with Gasteiger partial charge in [-0.2, -0.15) is 0 Å². The molecule has 1 saturated heterocycles. The Labute approximate surface area is 89.3 Å². The monoisotopic (exact) mass is 197 g/mol. The summed E-state index contributed by atoms with van der Waals surface area (Å²) in [6.45, 7) is 10.8. The lowest BCUT2D eigenvalue weighted by Gasteiger charge is -2.21. The van der Waals surface area contributed by atoms with Gasteiger partial charge >= 0.3 is 0 Å². The summed E-state index contributed by atoms with van der Waals surface area (Å²) in [6, 6.07) is 0. The van der Waals surface area contributed by atoms with E-state index in [0.717, 1.165) is 5.92 Å². The van der Waals surface area contributed by atoms with Crippen molar-refractivity contribution in [3.8, 4) is 0 Å². The summed E-state index contributed by atoms with van der Waals surface area (Å²) in [6.07, 6.45) is 5.06. The lowest BCUT2D eigenvalue weighted by atomic mass is 10.1. The van der Waals surface area contributed by atoms with E-state index in [4.69, 9.17) is 0 Å². The maximum atomic E-state index is 2.58. The van der Waals surface area contributed by atoms with Crippen LogP contribution in [0.25, 0.3) is 0 Å². The molecule has 0 aromatic heterocycles. The third kappa shape index (κ3) is 4.43. The Balaban J connectivity index is 2.17. The highest BCUT2D eigenvalue weighted by Crippen LogP contribution is 2.08. The average molecular weight is 197 g/mol. The number of hydrogen-bond acceptors (Lipinski definition) is 2. The molecule has 1 heterocycles. The summed E-state index contributed by atoms with van der Waals surface area (Å²) in [5.74, 6) is 0.774. The summed E-state index contributed by atoms with van der Waals surface area (Å²) in [5.41, 5.74) is 0. The zero-order chi connectivity index (χ0) is 10.4. The van der Waals surface area contributed by atoms with Gasteiger partial charge in [0, 0.05) is 19.6 Å². The molecule has 2 nitrogen and oxygen atoms in total. The molecule has 0 aromatic rings. The summed E-state index contributed by atoms with van der Waals surface area (Å²) in [4.78, 5) is 5.01. The number of hydrogen-bond donors (Lipinski definition) is 0. The van der Waals surface area contributed by atoms with Crippen LogP contribution in [0, 0.1) is 12.3 Å². The first-order chi connectivity index (χ1) is 6.72. The van der Waals surface area contributed by atoms with Gasteiger partial charge in [-0.25, -0.2) is 0 Å². The van der Waals surface area contributed by atoms with E-state index in [9.17, 15) is 0 Å². The first kappa shape index (κ1) is 12.0. The van der Waals surface area contributed by atoms with Gasteiger partial charge in [0.25, 0.3) is 0 Å². The SMILES string of the molecule is CC[C@@H](C)[CH]CN1CCCN(C)CC1. The number of nitrogens with zero attached hydrogens (tertiary/aromatic N) is 2. The maximum absolute atomic E-state index is 2.58. The smallest absolute Gasteiger partial charge is 0.0109 e. The molecule has 0 spiro atoms. The summed E-state index contributed by atoms with van der Waals surface area (Å²) < 4.78 is 0. The zero-order valence-electron chi connectivity index (χ0n) is 10.00. The first-order valence-electron chi connectivity index (χ1n) is 5.96. The third-order valence-electron chi connectivity index (χ3n) is 3.22. The molecule has 0 aromatic carbocycles. The molecule has 0 amide bonds. The molecule has 0 unspecified atom stereocenters. The molecule has 1 atom stereocenters. The molecular formula is C12H25N2. The van der Waals surface area contributed by atoms with Crippen LogP contribution in [0.2, 0.25) is 0 Å². The second-order valence-corrected chi connectivity index (χ2v) is 4.58. The minimum atomic E-state index is 0.774. The fourth-order valence-corrected chi connectivity index (χ4v) is 1.78. The molecule has 0 aliphatic carbocycles. The van der Waals surface area contributed by atoms with Crippen LogP contribution in [-0.4, -0.2) is 49.6 Å². The van der Waals surface area contributed by atoms with E-state index < -0.39 is 0 Å². The highest BCUT2D eigenvalue weighted by atomic mass is 15.2. The van der Waals surface area contributed by atoms with Crippen LogP contribution in [0.15, 0.2) is 0 Å². The van der Waals surface area contributed by atoms with Crippen LogP contribution in [0.5, 0.6) is 0 Å². The average Bonchev–Trinajstić information content (AvgIpc) is 2.39. The van der Waals surface area contributed by atoms with Crippen LogP contribution in [0.1, 0.15) is 26.7 Å². The van der Waals surface area contributed by atoms with E-state index in [1.807, 2.05) is 0 Å². The molecule has 14 heavy (non-hydrogen) atoms. The minimum absolute atomic E-state index is 0.774. The van der Waals surface area contributed by atoms with Crippen molar-refractivity contribution in [2.24, 2.45) is 5.92 Å². The van der Waals surface area contributed by atoms with Crippen LogP contribution in [0.4, 0.5) is 0 Å². The topological polar surface area (TPSA) is 6.48 Å². The quantitative estimate of drug-likeness (QED) is 0.679. The maximum Gasteiger partial charge on any atom is 0.0109 e. The normalized spacial score (nSPS) is 23.4. The van der Waals surface area contributed by atoms with Crippen molar-refractivity contribution in [1.82, 2.24) is 9.80 Å². The lowest BCUT2D eigenvalue weighted by molar-refractivity contribution is 0.286. The van der Waals surface area contributed by atoms with E-state index in [0.29, 0.717) is 0 Å². The van der Waals surface area contributed by atoms with Crippen LogP contribution in [-0.2, 0) is 0 Å². The Kier molecular flexibility index (Phi) is 5.49. The van der Waals surface area contributed by atoms with Crippen molar-refractivity contribution in [3.05, 3.63) is 6.42 Å². The zero-order valence-corrected chi connectivity index (χ0v) is 10.00. The first-order valence-corrected chi connectivity index (χ1v) is 5.96. The second-order valence-electron chi connectivity index (χ2n) is 4.58. The molecule has 83 valence electrons. The molecule has 2 heteroatoms. The van der Waals surface area contributed by atoms with E-state index in [2.05, 4.69) is 37.1 Å². The van der Waals surface area contributed by atoms with Gasteiger partial charge < -0.3 is 9.80 Å². The van der Waals surface area contributed by atoms with Crippen molar-refractivity contribution in [3.63, 3.8) is 0 Å².